The lowest BCUT2D eigenvalue weighted by atomic mass is 10.6. The molecule has 0 unspecified atom stereocenters. The van der Waals surface area contributed by atoms with E-state index in [0.29, 0.717) is 0 Å². The molecule has 1 aromatic heterocycles. The van der Waals surface area contributed by atoms with E-state index in [0.717, 1.165) is 10.4 Å². The van der Waals surface area contributed by atoms with Crippen molar-refractivity contribution in [2.45, 2.75) is 6.92 Å². The number of imidazole rings is 1. The van der Waals surface area contributed by atoms with Crippen LogP contribution in [0.1, 0.15) is 5.69 Å². The van der Waals surface area contributed by atoms with Gasteiger partial charge in [0.05, 0.1) is 11.9 Å². The van der Waals surface area contributed by atoms with Crippen LogP contribution in [0, 0.1) is 6.92 Å². The second-order valence-electron chi connectivity index (χ2n) is 1.40. The van der Waals surface area contributed by atoms with E-state index in [1.807, 2.05) is 6.92 Å². The summed E-state index contributed by atoms with van der Waals surface area (Å²) in [6.07, 6.45) is 2.87. The van der Waals surface area contributed by atoms with Crippen molar-refractivity contribution in [1.29, 1.82) is 0 Å². The Bertz CT molecular complexity index is 142. The van der Waals surface area contributed by atoms with Crippen LogP contribution >= 0.6 is 0 Å². The van der Waals surface area contributed by atoms with Gasteiger partial charge in [-0.1, -0.05) is 0 Å². The van der Waals surface area contributed by atoms with E-state index in [1.165, 1.54) is 12.5 Å². The van der Waals surface area contributed by atoms with Crippen LogP contribution < -0.4 is 0 Å². The molecule has 0 spiro atoms. The van der Waals surface area contributed by atoms with E-state index >= 15 is 0 Å². The van der Waals surface area contributed by atoms with E-state index in [2.05, 4.69) is 4.98 Å². The molecule has 0 saturated heterocycles. The maximum atomic E-state index is 8.51. The molecule has 3 nitrogen and oxygen atoms in total. The number of nitrogens with zero attached hydrogens (tertiary/aromatic N) is 2. The van der Waals surface area contributed by atoms with E-state index < -0.39 is 0 Å². The lowest BCUT2D eigenvalue weighted by Crippen LogP contribution is -1.79. The summed E-state index contributed by atoms with van der Waals surface area (Å²) in [5, 5.41) is 8.51. The Hall–Kier alpha value is -0.990. The number of rotatable bonds is 0. The molecule has 7 heavy (non-hydrogen) atoms. The first-order chi connectivity index (χ1) is 3.29. The predicted molar refractivity (Wildman–Crippen MR) is 24.1 cm³/mol. The quantitative estimate of drug-likeness (QED) is 0.478. The number of hydrogen-bond donors (Lipinski definition) is 1. The van der Waals surface area contributed by atoms with Crippen molar-refractivity contribution >= 4 is 0 Å². The molecule has 3 heteroatoms. The summed E-state index contributed by atoms with van der Waals surface area (Å²) in [4.78, 5) is 3.73. The van der Waals surface area contributed by atoms with E-state index in [1.54, 1.807) is 0 Å². The van der Waals surface area contributed by atoms with Gasteiger partial charge in [0.1, 0.15) is 6.33 Å². The minimum atomic E-state index is 0.822. The molecular formula is C4H6N2O. The Kier molecular flexibility index (Phi) is 0.749. The van der Waals surface area contributed by atoms with E-state index in [-0.39, 0.29) is 0 Å². The summed E-state index contributed by atoms with van der Waals surface area (Å²) < 4.78 is 0.926. The predicted octanol–water partition coefficient (Wildman–Crippen LogP) is 0.429. The van der Waals surface area contributed by atoms with Gasteiger partial charge in [-0.2, -0.15) is 4.73 Å². The molecule has 0 radical (unpaired) electrons. The highest BCUT2D eigenvalue weighted by Crippen LogP contribution is 1.86. The molecule has 1 rings (SSSR count). The average Bonchev–Trinajstić information content (AvgIpc) is 1.87. The van der Waals surface area contributed by atoms with Crippen LogP contribution in [0.2, 0.25) is 0 Å². The summed E-state index contributed by atoms with van der Waals surface area (Å²) in [6.45, 7) is 1.81. The third-order valence-corrected chi connectivity index (χ3v) is 0.699. The monoisotopic (exact) mass is 98.0 g/mol. The number of aryl methyl sites for hydroxylation is 1. The van der Waals surface area contributed by atoms with Crippen molar-refractivity contribution < 1.29 is 5.21 Å². The van der Waals surface area contributed by atoms with Gasteiger partial charge in [0.25, 0.3) is 0 Å². The zero-order valence-electron chi connectivity index (χ0n) is 4.00. The van der Waals surface area contributed by atoms with Crippen molar-refractivity contribution in [1.82, 2.24) is 9.71 Å². The summed E-state index contributed by atoms with van der Waals surface area (Å²) in [5.41, 5.74) is 0.822. The molecule has 0 aliphatic heterocycles. The van der Waals surface area contributed by atoms with Crippen LogP contribution in [0.3, 0.4) is 0 Å². The minimum absolute atomic E-state index is 0.822. The van der Waals surface area contributed by atoms with Crippen molar-refractivity contribution in [3.05, 3.63) is 18.2 Å². The SMILES string of the molecule is Cc1cn(O)cn1. The summed E-state index contributed by atoms with van der Waals surface area (Å²) >= 11 is 0. The van der Waals surface area contributed by atoms with Crippen LogP contribution in [-0.4, -0.2) is 14.9 Å². The molecule has 0 aliphatic rings. The van der Waals surface area contributed by atoms with E-state index in [9.17, 15) is 0 Å². The molecule has 1 heterocycles. The number of aromatic nitrogens is 2. The molecule has 1 aromatic rings. The van der Waals surface area contributed by atoms with Crippen LogP contribution in [0.25, 0.3) is 0 Å². The third kappa shape index (κ3) is 0.707. The van der Waals surface area contributed by atoms with Gasteiger partial charge in [0, 0.05) is 0 Å². The molecule has 1 N–H and O–H groups in total. The second-order valence-corrected chi connectivity index (χ2v) is 1.40. The third-order valence-electron chi connectivity index (χ3n) is 0.699. The van der Waals surface area contributed by atoms with Gasteiger partial charge >= 0.3 is 0 Å². The Morgan fingerprint density at radius 3 is 2.71 bits per heavy atom. The first kappa shape index (κ1) is 4.18. The average molecular weight is 98.1 g/mol. The van der Waals surface area contributed by atoms with Crippen molar-refractivity contribution in [2.24, 2.45) is 0 Å². The van der Waals surface area contributed by atoms with Gasteiger partial charge in [-0.3, -0.25) is 0 Å². The summed E-state index contributed by atoms with van der Waals surface area (Å²) in [6, 6.07) is 0. The fourth-order valence-electron chi connectivity index (χ4n) is 0.408. The molecular weight excluding hydrogens is 92.1 g/mol. The molecule has 0 bridgehead atoms. The minimum Gasteiger partial charge on any atom is -0.427 e. The second kappa shape index (κ2) is 1.26. The summed E-state index contributed by atoms with van der Waals surface area (Å²) in [5.74, 6) is 0. The normalized spacial score (nSPS) is 9.29. The maximum Gasteiger partial charge on any atom is 0.131 e. The molecule has 0 amide bonds. The molecule has 38 valence electrons. The highest BCUT2D eigenvalue weighted by atomic mass is 16.5. The van der Waals surface area contributed by atoms with Crippen LogP contribution in [0.5, 0.6) is 0 Å². The zero-order valence-corrected chi connectivity index (χ0v) is 4.00. The lowest BCUT2D eigenvalue weighted by Gasteiger charge is -1.78. The van der Waals surface area contributed by atoms with Gasteiger partial charge < -0.3 is 5.21 Å². The lowest BCUT2D eigenvalue weighted by molar-refractivity contribution is 0.185. The molecule has 0 aliphatic carbocycles. The first-order valence-corrected chi connectivity index (χ1v) is 1.99. The van der Waals surface area contributed by atoms with Gasteiger partial charge in [-0.25, -0.2) is 4.98 Å². The summed E-state index contributed by atoms with van der Waals surface area (Å²) in [7, 11) is 0. The highest BCUT2D eigenvalue weighted by molar-refractivity contribution is 4.89. The van der Waals surface area contributed by atoms with E-state index in [4.69, 9.17) is 5.21 Å². The van der Waals surface area contributed by atoms with Gasteiger partial charge in [-0.05, 0) is 6.92 Å². The fraction of sp³-hybridized carbons (Fsp3) is 0.250. The molecule has 0 atom stereocenters. The first-order valence-electron chi connectivity index (χ1n) is 1.99. The number of hydrogen-bond acceptors (Lipinski definition) is 2. The van der Waals surface area contributed by atoms with Gasteiger partial charge in [0.2, 0.25) is 0 Å². The van der Waals surface area contributed by atoms with Crippen LogP contribution in [-0.2, 0) is 0 Å². The van der Waals surface area contributed by atoms with Crippen LogP contribution in [0.4, 0.5) is 0 Å². The zero-order chi connectivity index (χ0) is 5.28. The Morgan fingerprint density at radius 2 is 2.57 bits per heavy atom. The van der Waals surface area contributed by atoms with Gasteiger partial charge in [-0.15, -0.1) is 0 Å². The van der Waals surface area contributed by atoms with Crippen molar-refractivity contribution in [3.8, 4) is 0 Å². The van der Waals surface area contributed by atoms with Gasteiger partial charge in [0.15, 0.2) is 0 Å². The molecule has 0 aromatic carbocycles. The van der Waals surface area contributed by atoms with Crippen molar-refractivity contribution in [2.75, 3.05) is 0 Å². The van der Waals surface area contributed by atoms with Crippen LogP contribution in [0.15, 0.2) is 12.5 Å². The van der Waals surface area contributed by atoms with Crippen molar-refractivity contribution in [3.63, 3.8) is 0 Å². The largest absolute Gasteiger partial charge is 0.427 e. The standard InChI is InChI=1S/C4H6N2O/c1-4-2-6(7)3-5-4/h2-3,7H,1H3. The molecule has 0 fully saturated rings. The highest BCUT2D eigenvalue weighted by Gasteiger charge is 1.83. The Balaban J connectivity index is 3.04. The smallest absolute Gasteiger partial charge is 0.131 e. The Morgan fingerprint density at radius 1 is 1.86 bits per heavy atom. The fourth-order valence-corrected chi connectivity index (χ4v) is 0.408. The Labute approximate surface area is 41.2 Å². The molecule has 0 saturated carbocycles. The maximum absolute atomic E-state index is 8.51. The topological polar surface area (TPSA) is 38.0 Å².